The van der Waals surface area contributed by atoms with E-state index in [1.54, 1.807) is 4.68 Å². The van der Waals surface area contributed by atoms with Crippen molar-refractivity contribution in [3.8, 4) is 11.5 Å². The lowest BCUT2D eigenvalue weighted by atomic mass is 10.2. The summed E-state index contributed by atoms with van der Waals surface area (Å²) in [5, 5.41) is 7.24. The maximum Gasteiger partial charge on any atom is 0.288 e. The summed E-state index contributed by atoms with van der Waals surface area (Å²) in [5.74, 6) is 0.408. The summed E-state index contributed by atoms with van der Waals surface area (Å²) in [5.41, 5.74) is 0.831. The molecular formula is C15H19BrN4O2S. The zero-order valence-corrected chi connectivity index (χ0v) is 15.6. The van der Waals surface area contributed by atoms with Crippen LogP contribution in [0.4, 0.5) is 0 Å². The van der Waals surface area contributed by atoms with Crippen molar-refractivity contribution in [1.82, 2.24) is 20.0 Å². The summed E-state index contributed by atoms with van der Waals surface area (Å²) >= 11 is 8.68. The molecule has 1 heterocycles. The highest BCUT2D eigenvalue weighted by atomic mass is 79.9. The molecule has 2 aromatic rings. The van der Waals surface area contributed by atoms with E-state index in [1.165, 1.54) is 0 Å². The Morgan fingerprint density at radius 2 is 2.17 bits per heavy atom. The Balaban J connectivity index is 2.09. The third-order valence-corrected chi connectivity index (χ3v) is 3.93. The second-order valence-electron chi connectivity index (χ2n) is 5.53. The molecule has 8 heteroatoms. The monoisotopic (exact) mass is 398 g/mol. The van der Waals surface area contributed by atoms with Crippen LogP contribution in [-0.4, -0.2) is 40.2 Å². The van der Waals surface area contributed by atoms with Crippen molar-refractivity contribution in [2.24, 2.45) is 0 Å². The number of benzene rings is 1. The molecule has 0 spiro atoms. The van der Waals surface area contributed by atoms with E-state index >= 15 is 0 Å². The van der Waals surface area contributed by atoms with Crippen LogP contribution in [0.3, 0.4) is 0 Å². The number of aromatic nitrogens is 2. The van der Waals surface area contributed by atoms with Gasteiger partial charge in [0.2, 0.25) is 11.8 Å². The normalized spacial score (nSPS) is 11.2. The summed E-state index contributed by atoms with van der Waals surface area (Å²) in [6, 6.07) is 7.75. The molecule has 0 unspecified atom stereocenters. The molecule has 23 heavy (non-hydrogen) atoms. The first-order chi connectivity index (χ1) is 10.9. The van der Waals surface area contributed by atoms with E-state index in [9.17, 15) is 4.79 Å². The van der Waals surface area contributed by atoms with Crippen LogP contribution >= 0.6 is 28.1 Å². The number of halogens is 1. The summed E-state index contributed by atoms with van der Waals surface area (Å²) < 4.78 is 8.01. The zero-order valence-electron chi connectivity index (χ0n) is 13.2. The lowest BCUT2D eigenvalue weighted by molar-refractivity contribution is -0.122. The van der Waals surface area contributed by atoms with Crippen LogP contribution in [0, 0.1) is 4.84 Å². The minimum atomic E-state index is -0.0384. The third-order valence-electron chi connectivity index (χ3n) is 2.95. The molecule has 1 amide bonds. The van der Waals surface area contributed by atoms with Crippen molar-refractivity contribution in [3.05, 3.63) is 33.6 Å². The second-order valence-corrected chi connectivity index (χ2v) is 6.73. The Morgan fingerprint density at radius 1 is 1.48 bits per heavy atom. The lowest BCUT2D eigenvalue weighted by Gasteiger charge is -2.16. The number of likely N-dealkylation sites (N-methyl/N-ethyl adjacent to an activating group) is 1. The third kappa shape index (κ3) is 4.98. The Labute approximate surface area is 148 Å². The quantitative estimate of drug-likeness (QED) is 0.757. The van der Waals surface area contributed by atoms with Gasteiger partial charge in [0.15, 0.2) is 0 Å². The van der Waals surface area contributed by atoms with Gasteiger partial charge in [-0.2, -0.15) is 0 Å². The van der Waals surface area contributed by atoms with E-state index in [2.05, 4.69) is 26.3 Å². The largest absolute Gasteiger partial charge is 0.409 e. The SMILES string of the molecule is CC(C)NC(=O)CN(C)Cn1nc(-c2ccccc2Br)oc1=S. The highest BCUT2D eigenvalue weighted by molar-refractivity contribution is 9.10. The van der Waals surface area contributed by atoms with E-state index in [-0.39, 0.29) is 23.3 Å². The second kappa shape index (κ2) is 7.85. The molecule has 0 saturated heterocycles. The summed E-state index contributed by atoms with van der Waals surface area (Å²) in [6.07, 6.45) is 0. The van der Waals surface area contributed by atoms with Gasteiger partial charge in [-0.05, 0) is 61.2 Å². The number of rotatable bonds is 6. The van der Waals surface area contributed by atoms with E-state index in [4.69, 9.17) is 16.6 Å². The molecule has 0 atom stereocenters. The summed E-state index contributed by atoms with van der Waals surface area (Å²) in [7, 11) is 1.83. The molecule has 0 bridgehead atoms. The van der Waals surface area contributed by atoms with Crippen LogP contribution in [0.2, 0.25) is 0 Å². The van der Waals surface area contributed by atoms with Crippen molar-refractivity contribution in [1.29, 1.82) is 0 Å². The van der Waals surface area contributed by atoms with Gasteiger partial charge in [-0.15, -0.1) is 5.10 Å². The maximum absolute atomic E-state index is 11.8. The van der Waals surface area contributed by atoms with Gasteiger partial charge >= 0.3 is 0 Å². The van der Waals surface area contributed by atoms with Crippen molar-refractivity contribution in [3.63, 3.8) is 0 Å². The number of nitrogens with one attached hydrogen (secondary N) is 1. The molecule has 6 nitrogen and oxygen atoms in total. The van der Waals surface area contributed by atoms with Gasteiger partial charge in [-0.1, -0.05) is 12.1 Å². The van der Waals surface area contributed by atoms with E-state index in [0.717, 1.165) is 10.0 Å². The summed E-state index contributed by atoms with van der Waals surface area (Å²) in [4.78, 5) is 13.9. The Kier molecular flexibility index (Phi) is 6.09. The van der Waals surface area contributed by atoms with Gasteiger partial charge in [-0.25, -0.2) is 4.68 Å². The fraction of sp³-hybridized carbons (Fsp3) is 0.400. The topological polar surface area (TPSA) is 63.3 Å². The van der Waals surface area contributed by atoms with E-state index < -0.39 is 0 Å². The van der Waals surface area contributed by atoms with Crippen LogP contribution in [-0.2, 0) is 11.5 Å². The Bertz CT molecular complexity index is 741. The molecule has 0 fully saturated rings. The Hall–Kier alpha value is -1.51. The van der Waals surface area contributed by atoms with Gasteiger partial charge in [0, 0.05) is 10.5 Å². The van der Waals surface area contributed by atoms with Gasteiger partial charge in [0.25, 0.3) is 4.84 Å². The number of amides is 1. The molecule has 1 aromatic carbocycles. The van der Waals surface area contributed by atoms with Gasteiger partial charge in [0.05, 0.1) is 18.8 Å². The number of hydrogen-bond donors (Lipinski definition) is 1. The fourth-order valence-electron chi connectivity index (χ4n) is 2.03. The van der Waals surface area contributed by atoms with Crippen LogP contribution in [0.15, 0.2) is 33.2 Å². The van der Waals surface area contributed by atoms with Crippen molar-refractivity contribution in [2.45, 2.75) is 26.6 Å². The summed E-state index contributed by atoms with van der Waals surface area (Å²) in [6.45, 7) is 4.49. The van der Waals surface area contributed by atoms with Crippen LogP contribution in [0.5, 0.6) is 0 Å². The highest BCUT2D eigenvalue weighted by Gasteiger charge is 2.13. The molecule has 1 aromatic heterocycles. The molecule has 124 valence electrons. The average molecular weight is 399 g/mol. The molecule has 0 aliphatic rings. The van der Waals surface area contributed by atoms with Crippen molar-refractivity contribution >= 4 is 34.1 Å². The molecule has 0 saturated carbocycles. The van der Waals surface area contributed by atoms with Crippen molar-refractivity contribution in [2.75, 3.05) is 13.6 Å². The number of hydrogen-bond acceptors (Lipinski definition) is 5. The van der Waals surface area contributed by atoms with E-state index in [1.807, 2.05) is 50.1 Å². The first-order valence-corrected chi connectivity index (χ1v) is 8.37. The predicted molar refractivity (Wildman–Crippen MR) is 94.4 cm³/mol. The lowest BCUT2D eigenvalue weighted by Crippen LogP contribution is -2.39. The number of carbonyl (C=O) groups excluding carboxylic acids is 1. The number of carbonyl (C=O) groups is 1. The highest BCUT2D eigenvalue weighted by Crippen LogP contribution is 2.26. The minimum absolute atomic E-state index is 0.0384. The standard InChI is InChI=1S/C15H19BrN4O2S/c1-10(2)17-13(21)8-19(3)9-20-15(23)22-14(18-20)11-6-4-5-7-12(11)16/h4-7,10H,8-9H2,1-3H3,(H,17,21). The molecular weight excluding hydrogens is 380 g/mol. The molecule has 0 aliphatic heterocycles. The predicted octanol–water partition coefficient (Wildman–Crippen LogP) is 3.05. The van der Waals surface area contributed by atoms with Crippen LogP contribution < -0.4 is 5.32 Å². The first-order valence-electron chi connectivity index (χ1n) is 7.17. The van der Waals surface area contributed by atoms with Gasteiger partial charge in [-0.3, -0.25) is 9.69 Å². The maximum atomic E-state index is 11.8. The molecule has 2 rings (SSSR count). The molecule has 0 aliphatic carbocycles. The molecule has 0 radical (unpaired) electrons. The Morgan fingerprint density at radius 3 is 2.83 bits per heavy atom. The van der Waals surface area contributed by atoms with Crippen LogP contribution in [0.1, 0.15) is 13.8 Å². The van der Waals surface area contributed by atoms with E-state index in [0.29, 0.717) is 12.6 Å². The van der Waals surface area contributed by atoms with Crippen molar-refractivity contribution < 1.29 is 9.21 Å². The smallest absolute Gasteiger partial charge is 0.288 e. The zero-order chi connectivity index (χ0) is 17.0. The number of nitrogens with zero attached hydrogens (tertiary/aromatic N) is 3. The van der Waals surface area contributed by atoms with Gasteiger partial charge < -0.3 is 9.73 Å². The van der Waals surface area contributed by atoms with Gasteiger partial charge in [0.1, 0.15) is 0 Å². The molecule has 1 N–H and O–H groups in total. The fourth-order valence-corrected chi connectivity index (χ4v) is 2.66. The minimum Gasteiger partial charge on any atom is -0.409 e. The first kappa shape index (κ1) is 17.8. The van der Waals surface area contributed by atoms with Crippen LogP contribution in [0.25, 0.3) is 11.5 Å². The average Bonchev–Trinajstić information content (AvgIpc) is 2.79.